The van der Waals surface area contributed by atoms with Crippen LogP contribution in [0.1, 0.15) is 19.4 Å². The molecule has 0 aliphatic rings. The Bertz CT molecular complexity index is 674. The minimum absolute atomic E-state index is 0.0537. The molecule has 0 bridgehead atoms. The molecule has 0 saturated carbocycles. The van der Waals surface area contributed by atoms with E-state index in [9.17, 15) is 8.42 Å². The quantitative estimate of drug-likeness (QED) is 0.524. The highest BCUT2D eigenvalue weighted by Crippen LogP contribution is 2.25. The fourth-order valence-corrected chi connectivity index (χ4v) is 2.88. The largest absolute Gasteiger partial charge is 0.497 e. The Morgan fingerprint density at radius 1 is 1.24 bits per heavy atom. The van der Waals surface area contributed by atoms with Crippen molar-refractivity contribution >= 4 is 15.8 Å². The first kappa shape index (κ1) is 21.1. The van der Waals surface area contributed by atoms with E-state index in [4.69, 9.17) is 9.47 Å². The van der Waals surface area contributed by atoms with E-state index in [1.165, 1.54) is 0 Å². The summed E-state index contributed by atoms with van der Waals surface area (Å²) in [5.74, 6) is 2.31. The smallest absolute Gasteiger partial charge is 0.193 e. The summed E-state index contributed by atoms with van der Waals surface area (Å²) in [6, 6.07) is 5.66. The average molecular weight is 372 g/mol. The molecule has 0 aromatic heterocycles. The van der Waals surface area contributed by atoms with Crippen LogP contribution >= 0.6 is 0 Å². The van der Waals surface area contributed by atoms with Crippen LogP contribution in [0.2, 0.25) is 0 Å². The molecule has 1 N–H and O–H groups in total. The van der Waals surface area contributed by atoms with Crippen molar-refractivity contribution in [3.05, 3.63) is 23.8 Å². The Hall–Kier alpha value is -1.96. The second-order valence-corrected chi connectivity index (χ2v) is 7.98. The first-order valence-corrected chi connectivity index (χ1v) is 10.1. The lowest BCUT2D eigenvalue weighted by Crippen LogP contribution is -2.38. The molecular formula is C17H29N3O4S. The summed E-state index contributed by atoms with van der Waals surface area (Å²) >= 11 is 0. The lowest BCUT2D eigenvalue weighted by molar-refractivity contribution is 0.382. The second-order valence-electron chi connectivity index (χ2n) is 5.51. The molecule has 8 heteroatoms. The van der Waals surface area contributed by atoms with E-state index in [0.29, 0.717) is 19.0 Å². The molecule has 1 rings (SSSR count). The number of hydrogen-bond donors (Lipinski definition) is 1. The predicted molar refractivity (Wildman–Crippen MR) is 101 cm³/mol. The third-order valence-corrected chi connectivity index (χ3v) is 5.39. The van der Waals surface area contributed by atoms with Crippen LogP contribution in [0.5, 0.6) is 11.5 Å². The number of guanidine groups is 1. The van der Waals surface area contributed by atoms with Gasteiger partial charge in [0.15, 0.2) is 15.8 Å². The van der Waals surface area contributed by atoms with Gasteiger partial charge in [0.05, 0.1) is 26.5 Å². The molecule has 0 unspecified atom stereocenters. The molecule has 142 valence electrons. The molecule has 0 spiro atoms. The molecule has 0 amide bonds. The van der Waals surface area contributed by atoms with E-state index in [0.717, 1.165) is 17.1 Å². The third-order valence-electron chi connectivity index (χ3n) is 3.70. The average Bonchev–Trinajstić information content (AvgIpc) is 2.61. The molecule has 1 aromatic rings. The van der Waals surface area contributed by atoms with Crippen LogP contribution in [0.3, 0.4) is 0 Å². The summed E-state index contributed by atoms with van der Waals surface area (Å²) in [5, 5.41) is 3.18. The van der Waals surface area contributed by atoms with Gasteiger partial charge in [-0.1, -0.05) is 6.92 Å². The maximum absolute atomic E-state index is 11.6. The number of nitrogens with zero attached hydrogens (tertiary/aromatic N) is 2. The molecule has 0 aliphatic heterocycles. The highest BCUT2D eigenvalue weighted by molar-refractivity contribution is 7.91. The van der Waals surface area contributed by atoms with E-state index >= 15 is 0 Å². The summed E-state index contributed by atoms with van der Waals surface area (Å²) in [7, 11) is 2.11. The van der Waals surface area contributed by atoms with Gasteiger partial charge in [-0.15, -0.1) is 0 Å². The van der Waals surface area contributed by atoms with Gasteiger partial charge >= 0.3 is 0 Å². The van der Waals surface area contributed by atoms with Crippen LogP contribution in [-0.2, 0) is 16.4 Å². The summed E-state index contributed by atoms with van der Waals surface area (Å²) < 4.78 is 33.9. The van der Waals surface area contributed by atoms with Gasteiger partial charge in [-0.2, -0.15) is 0 Å². The minimum atomic E-state index is -3.02. The fourth-order valence-electron chi connectivity index (χ4n) is 2.22. The summed E-state index contributed by atoms with van der Waals surface area (Å²) in [6.45, 7) is 5.12. The Balaban J connectivity index is 2.87. The van der Waals surface area contributed by atoms with Crippen molar-refractivity contribution in [2.75, 3.05) is 45.9 Å². The fraction of sp³-hybridized carbons (Fsp3) is 0.588. The van der Waals surface area contributed by atoms with Gasteiger partial charge in [-0.05, 0) is 19.1 Å². The zero-order valence-electron chi connectivity index (χ0n) is 15.7. The number of aliphatic imine (C=N–C) groups is 1. The normalized spacial score (nSPS) is 12.0. The van der Waals surface area contributed by atoms with Crippen molar-refractivity contribution in [1.82, 2.24) is 10.2 Å². The Morgan fingerprint density at radius 3 is 2.52 bits per heavy atom. The van der Waals surface area contributed by atoms with E-state index in [1.54, 1.807) is 21.1 Å². The first-order valence-electron chi connectivity index (χ1n) is 8.27. The maximum Gasteiger partial charge on any atom is 0.193 e. The molecule has 0 atom stereocenters. The topological polar surface area (TPSA) is 80.2 Å². The molecule has 0 heterocycles. The predicted octanol–water partition coefficient (Wildman–Crippen LogP) is 1.54. The van der Waals surface area contributed by atoms with E-state index < -0.39 is 9.84 Å². The van der Waals surface area contributed by atoms with E-state index in [1.807, 2.05) is 37.1 Å². The highest BCUT2D eigenvalue weighted by Gasteiger charge is 2.12. The number of sulfone groups is 1. The summed E-state index contributed by atoms with van der Waals surface area (Å²) in [4.78, 5) is 6.36. The second kappa shape index (κ2) is 10.1. The van der Waals surface area contributed by atoms with Gasteiger partial charge < -0.3 is 19.7 Å². The number of benzene rings is 1. The van der Waals surface area contributed by atoms with Crippen molar-refractivity contribution < 1.29 is 17.9 Å². The molecule has 0 fully saturated rings. The number of nitrogens with one attached hydrogen (secondary N) is 1. The number of hydrogen-bond acceptors (Lipinski definition) is 5. The molecular weight excluding hydrogens is 342 g/mol. The number of rotatable bonds is 9. The Morgan fingerprint density at radius 2 is 1.96 bits per heavy atom. The van der Waals surface area contributed by atoms with Crippen molar-refractivity contribution in [2.24, 2.45) is 4.99 Å². The monoisotopic (exact) mass is 371 g/mol. The molecule has 0 aliphatic carbocycles. The van der Waals surface area contributed by atoms with Gasteiger partial charge in [-0.3, -0.25) is 4.99 Å². The van der Waals surface area contributed by atoms with Gasteiger partial charge in [0.25, 0.3) is 0 Å². The van der Waals surface area contributed by atoms with Crippen molar-refractivity contribution in [3.8, 4) is 11.5 Å². The number of methoxy groups -OCH3 is 2. The van der Waals surface area contributed by atoms with Crippen molar-refractivity contribution in [1.29, 1.82) is 0 Å². The van der Waals surface area contributed by atoms with Crippen LogP contribution in [0.15, 0.2) is 23.2 Å². The SMILES string of the molecule is CCNC(=NCCS(=O)(=O)CC)N(C)Cc1ccc(OC)cc1OC. The lowest BCUT2D eigenvalue weighted by atomic mass is 10.2. The minimum Gasteiger partial charge on any atom is -0.497 e. The molecule has 0 saturated heterocycles. The van der Waals surface area contributed by atoms with Crippen LogP contribution in [0, 0.1) is 0 Å². The van der Waals surface area contributed by atoms with E-state index in [-0.39, 0.29) is 18.1 Å². The maximum atomic E-state index is 11.6. The Kier molecular flexibility index (Phi) is 8.54. The lowest BCUT2D eigenvalue weighted by Gasteiger charge is -2.23. The van der Waals surface area contributed by atoms with Gasteiger partial charge in [0.2, 0.25) is 0 Å². The molecule has 25 heavy (non-hydrogen) atoms. The zero-order valence-corrected chi connectivity index (χ0v) is 16.5. The van der Waals surface area contributed by atoms with Gasteiger partial charge in [0.1, 0.15) is 11.5 Å². The standard InChI is InChI=1S/C17H29N3O4S/c1-6-18-17(19-10-11-25(21,22)7-2)20(3)13-14-8-9-15(23-4)12-16(14)24-5/h8-9,12H,6-7,10-11,13H2,1-5H3,(H,18,19). The molecule has 1 aromatic carbocycles. The van der Waals surface area contributed by atoms with Crippen LogP contribution in [0.4, 0.5) is 0 Å². The highest BCUT2D eigenvalue weighted by atomic mass is 32.2. The third kappa shape index (κ3) is 6.81. The van der Waals surface area contributed by atoms with Gasteiger partial charge in [-0.25, -0.2) is 8.42 Å². The molecule has 0 radical (unpaired) electrons. The zero-order chi connectivity index (χ0) is 18.9. The van der Waals surface area contributed by atoms with Crippen LogP contribution < -0.4 is 14.8 Å². The molecule has 7 nitrogen and oxygen atoms in total. The van der Waals surface area contributed by atoms with E-state index in [2.05, 4.69) is 10.3 Å². The summed E-state index contributed by atoms with van der Waals surface area (Å²) in [5.41, 5.74) is 0.984. The van der Waals surface area contributed by atoms with Crippen molar-refractivity contribution in [2.45, 2.75) is 20.4 Å². The summed E-state index contributed by atoms with van der Waals surface area (Å²) in [6.07, 6.45) is 0. The van der Waals surface area contributed by atoms with Crippen LogP contribution in [0.25, 0.3) is 0 Å². The van der Waals surface area contributed by atoms with Gasteiger partial charge in [0, 0.05) is 37.5 Å². The number of ether oxygens (including phenoxy) is 2. The van der Waals surface area contributed by atoms with Crippen LogP contribution in [-0.4, -0.2) is 65.1 Å². The first-order chi connectivity index (χ1) is 11.9. The van der Waals surface area contributed by atoms with Crippen molar-refractivity contribution in [3.63, 3.8) is 0 Å². The Labute approximate surface area is 151 Å².